The van der Waals surface area contributed by atoms with Gasteiger partial charge in [0, 0.05) is 0 Å². The first kappa shape index (κ1) is 17.7. The average molecular weight is 252 g/mol. The number of allylic oxidation sites excluding steroid dienone is 2. The molecule has 0 rings (SSSR count). The monoisotopic (exact) mass is 252 g/mol. The van der Waals surface area contributed by atoms with E-state index in [2.05, 4.69) is 32.9 Å². The maximum absolute atomic E-state index is 2.41. The van der Waals surface area contributed by atoms with Gasteiger partial charge in [-0.25, -0.2) is 0 Å². The van der Waals surface area contributed by atoms with Crippen LogP contribution in [-0.4, -0.2) is 0 Å². The maximum Gasteiger partial charge on any atom is -0.0351 e. The van der Waals surface area contributed by atoms with E-state index in [1.54, 1.807) is 0 Å². The lowest BCUT2D eigenvalue weighted by Gasteiger charge is -2.02. The lowest BCUT2D eigenvalue weighted by Crippen LogP contribution is -1.86. The van der Waals surface area contributed by atoms with Gasteiger partial charge < -0.3 is 0 Å². The molecule has 0 amide bonds. The molecule has 0 saturated carbocycles. The van der Waals surface area contributed by atoms with Crippen molar-refractivity contribution in [3.8, 4) is 0 Å². The first-order valence-corrected chi connectivity index (χ1v) is 8.42. The zero-order valence-electron chi connectivity index (χ0n) is 13.2. The minimum absolute atomic E-state index is 0.883. The molecule has 108 valence electrons. The van der Waals surface area contributed by atoms with Crippen LogP contribution in [0.25, 0.3) is 0 Å². The third-order valence-electron chi connectivity index (χ3n) is 3.54. The molecular weight excluding hydrogens is 216 g/mol. The minimum Gasteiger partial charge on any atom is -0.0885 e. The standard InChI is InChI=1S/C18H36/c1-4-5-6-7-8-9-10-11-12-13-14-15-16-17-18(2)3/h11-12,18H,4-10,13-17H2,1-3H3/b12-11+. The van der Waals surface area contributed by atoms with Crippen molar-refractivity contribution >= 4 is 0 Å². The predicted octanol–water partition coefficient (Wildman–Crippen LogP) is 6.90. The van der Waals surface area contributed by atoms with Crippen LogP contribution in [0.3, 0.4) is 0 Å². The minimum atomic E-state index is 0.883. The molecule has 0 aromatic heterocycles. The van der Waals surface area contributed by atoms with Crippen molar-refractivity contribution in [3.63, 3.8) is 0 Å². The summed E-state index contributed by atoms with van der Waals surface area (Å²) < 4.78 is 0. The first-order valence-electron chi connectivity index (χ1n) is 8.42. The van der Waals surface area contributed by atoms with E-state index in [-0.39, 0.29) is 0 Å². The zero-order valence-corrected chi connectivity index (χ0v) is 13.2. The van der Waals surface area contributed by atoms with E-state index in [0.29, 0.717) is 0 Å². The van der Waals surface area contributed by atoms with Gasteiger partial charge in [0.05, 0.1) is 0 Å². The van der Waals surface area contributed by atoms with Gasteiger partial charge in [-0.05, 0) is 31.6 Å². The molecule has 0 spiro atoms. The zero-order chi connectivity index (χ0) is 13.5. The molecule has 0 N–H and O–H groups in total. The van der Waals surface area contributed by atoms with Gasteiger partial charge in [0.1, 0.15) is 0 Å². The number of hydrogen-bond donors (Lipinski definition) is 0. The molecule has 0 aliphatic heterocycles. The van der Waals surface area contributed by atoms with E-state index in [1.165, 1.54) is 77.0 Å². The van der Waals surface area contributed by atoms with Crippen LogP contribution in [0, 0.1) is 5.92 Å². The second-order valence-electron chi connectivity index (χ2n) is 6.06. The molecule has 0 fully saturated rings. The number of unbranched alkanes of at least 4 members (excludes halogenated alkanes) is 9. The molecule has 0 heteroatoms. The van der Waals surface area contributed by atoms with Crippen LogP contribution in [0.5, 0.6) is 0 Å². The largest absolute Gasteiger partial charge is 0.0885 e. The van der Waals surface area contributed by atoms with Gasteiger partial charge in [0.2, 0.25) is 0 Å². The fraction of sp³-hybridized carbons (Fsp3) is 0.889. The molecule has 0 unspecified atom stereocenters. The second kappa shape index (κ2) is 14.8. The van der Waals surface area contributed by atoms with Crippen molar-refractivity contribution in [2.75, 3.05) is 0 Å². The van der Waals surface area contributed by atoms with E-state index in [1.807, 2.05) is 0 Å². The molecule has 18 heavy (non-hydrogen) atoms. The third kappa shape index (κ3) is 15.7. The van der Waals surface area contributed by atoms with Crippen LogP contribution >= 0.6 is 0 Å². The highest BCUT2D eigenvalue weighted by Gasteiger charge is 1.93. The number of hydrogen-bond acceptors (Lipinski definition) is 0. The number of rotatable bonds is 13. The van der Waals surface area contributed by atoms with Crippen LogP contribution in [0.15, 0.2) is 12.2 Å². The smallest absolute Gasteiger partial charge is 0.0351 e. The molecule has 0 aromatic rings. The van der Waals surface area contributed by atoms with Gasteiger partial charge in [-0.15, -0.1) is 0 Å². The quantitative estimate of drug-likeness (QED) is 0.247. The Morgan fingerprint density at radius 2 is 1.17 bits per heavy atom. The van der Waals surface area contributed by atoms with Crippen molar-refractivity contribution in [2.45, 2.75) is 97.8 Å². The van der Waals surface area contributed by atoms with E-state index >= 15 is 0 Å². The predicted molar refractivity (Wildman–Crippen MR) is 85.1 cm³/mol. The highest BCUT2D eigenvalue weighted by Crippen LogP contribution is 2.10. The molecule has 0 aliphatic carbocycles. The normalized spacial score (nSPS) is 11.8. The van der Waals surface area contributed by atoms with Crippen molar-refractivity contribution in [2.24, 2.45) is 5.92 Å². The van der Waals surface area contributed by atoms with Crippen molar-refractivity contribution in [3.05, 3.63) is 12.2 Å². The Morgan fingerprint density at radius 1 is 0.667 bits per heavy atom. The Morgan fingerprint density at radius 3 is 1.72 bits per heavy atom. The van der Waals surface area contributed by atoms with Gasteiger partial charge in [0.15, 0.2) is 0 Å². The Bertz CT molecular complexity index is 167. The second-order valence-corrected chi connectivity index (χ2v) is 6.06. The van der Waals surface area contributed by atoms with Gasteiger partial charge in [0.25, 0.3) is 0 Å². The summed E-state index contributed by atoms with van der Waals surface area (Å²) in [7, 11) is 0. The highest BCUT2D eigenvalue weighted by molar-refractivity contribution is 4.81. The van der Waals surface area contributed by atoms with Gasteiger partial charge in [-0.2, -0.15) is 0 Å². The summed E-state index contributed by atoms with van der Waals surface area (Å²) in [6, 6.07) is 0. The Labute approximate surface area is 116 Å². The highest BCUT2D eigenvalue weighted by atomic mass is 14.0. The Kier molecular flexibility index (Phi) is 14.6. The molecule has 0 nitrogen and oxygen atoms in total. The van der Waals surface area contributed by atoms with E-state index in [0.717, 1.165) is 5.92 Å². The summed E-state index contributed by atoms with van der Waals surface area (Å²) in [5.74, 6) is 0.883. The van der Waals surface area contributed by atoms with Crippen LogP contribution in [0.4, 0.5) is 0 Å². The Balaban J connectivity index is 3.05. The fourth-order valence-electron chi connectivity index (χ4n) is 2.27. The van der Waals surface area contributed by atoms with Gasteiger partial charge in [-0.1, -0.05) is 84.3 Å². The fourth-order valence-corrected chi connectivity index (χ4v) is 2.27. The molecule has 0 heterocycles. The molecule has 0 bridgehead atoms. The molecule has 0 radical (unpaired) electrons. The van der Waals surface area contributed by atoms with E-state index < -0.39 is 0 Å². The third-order valence-corrected chi connectivity index (χ3v) is 3.54. The summed E-state index contributed by atoms with van der Waals surface area (Å²) in [4.78, 5) is 0. The van der Waals surface area contributed by atoms with Gasteiger partial charge in [-0.3, -0.25) is 0 Å². The lowest BCUT2D eigenvalue weighted by molar-refractivity contribution is 0.528. The summed E-state index contributed by atoms with van der Waals surface area (Å²) in [5.41, 5.74) is 0. The Hall–Kier alpha value is -0.260. The summed E-state index contributed by atoms with van der Waals surface area (Å²) >= 11 is 0. The summed E-state index contributed by atoms with van der Waals surface area (Å²) in [6.45, 7) is 6.92. The van der Waals surface area contributed by atoms with Crippen molar-refractivity contribution < 1.29 is 0 Å². The molecule has 0 aliphatic rings. The van der Waals surface area contributed by atoms with Crippen LogP contribution < -0.4 is 0 Å². The van der Waals surface area contributed by atoms with Crippen LogP contribution in [0.2, 0.25) is 0 Å². The van der Waals surface area contributed by atoms with Gasteiger partial charge >= 0.3 is 0 Å². The average Bonchev–Trinajstić information content (AvgIpc) is 2.34. The first-order chi connectivity index (χ1) is 8.77. The molecular formula is C18H36. The summed E-state index contributed by atoms with van der Waals surface area (Å²) in [5, 5.41) is 0. The SMILES string of the molecule is CCCCCCCC/C=C/CCCCCC(C)C. The van der Waals surface area contributed by atoms with Crippen LogP contribution in [0.1, 0.15) is 97.8 Å². The maximum atomic E-state index is 2.41. The van der Waals surface area contributed by atoms with Crippen LogP contribution in [-0.2, 0) is 0 Å². The summed E-state index contributed by atoms with van der Waals surface area (Å²) in [6.07, 6.45) is 21.5. The lowest BCUT2D eigenvalue weighted by atomic mass is 10.0. The van der Waals surface area contributed by atoms with E-state index in [4.69, 9.17) is 0 Å². The molecule has 0 atom stereocenters. The molecule has 0 saturated heterocycles. The van der Waals surface area contributed by atoms with Crippen molar-refractivity contribution in [1.82, 2.24) is 0 Å². The van der Waals surface area contributed by atoms with E-state index in [9.17, 15) is 0 Å². The topological polar surface area (TPSA) is 0 Å². The molecule has 0 aromatic carbocycles. The van der Waals surface area contributed by atoms with Crippen molar-refractivity contribution in [1.29, 1.82) is 0 Å².